The van der Waals surface area contributed by atoms with Crippen molar-refractivity contribution < 1.29 is 14.7 Å². The van der Waals surface area contributed by atoms with E-state index in [4.69, 9.17) is 5.11 Å². The molecule has 0 saturated heterocycles. The van der Waals surface area contributed by atoms with Gasteiger partial charge in [0.25, 0.3) is 5.91 Å². The van der Waals surface area contributed by atoms with Crippen molar-refractivity contribution in [3.8, 4) is 6.07 Å². The molecule has 0 aliphatic carbocycles. The molecule has 3 aromatic rings. The zero-order chi connectivity index (χ0) is 19.4. The fraction of sp³-hybridized carbons (Fsp3) is 0.0952. The van der Waals surface area contributed by atoms with Gasteiger partial charge in [-0.15, -0.1) is 0 Å². The SMILES string of the molecule is Cc1ccc(NC(=O)/C(C#N)=C/c2cn(CC(=O)O)c3ccccc23)cc1. The number of hydrogen-bond acceptors (Lipinski definition) is 3. The summed E-state index contributed by atoms with van der Waals surface area (Å²) in [5, 5.41) is 22.0. The first-order valence-corrected chi connectivity index (χ1v) is 8.27. The van der Waals surface area contributed by atoms with Gasteiger partial charge in [0.1, 0.15) is 18.2 Å². The van der Waals surface area contributed by atoms with Gasteiger partial charge in [-0.05, 0) is 31.2 Å². The van der Waals surface area contributed by atoms with Crippen LogP contribution in [0.4, 0.5) is 5.69 Å². The second-order valence-electron chi connectivity index (χ2n) is 6.11. The highest BCUT2D eigenvalue weighted by Gasteiger charge is 2.13. The largest absolute Gasteiger partial charge is 0.480 e. The summed E-state index contributed by atoms with van der Waals surface area (Å²) in [5.41, 5.74) is 2.94. The summed E-state index contributed by atoms with van der Waals surface area (Å²) in [7, 11) is 0. The van der Waals surface area contributed by atoms with E-state index in [1.165, 1.54) is 6.08 Å². The highest BCUT2D eigenvalue weighted by Crippen LogP contribution is 2.24. The van der Waals surface area contributed by atoms with Crippen molar-refractivity contribution >= 4 is 34.5 Å². The van der Waals surface area contributed by atoms with Crippen LogP contribution in [0.15, 0.2) is 60.3 Å². The first kappa shape index (κ1) is 18.0. The van der Waals surface area contributed by atoms with Crippen LogP contribution in [0, 0.1) is 18.3 Å². The summed E-state index contributed by atoms with van der Waals surface area (Å²) >= 11 is 0. The Labute approximate surface area is 156 Å². The Bertz CT molecular complexity index is 1090. The van der Waals surface area contributed by atoms with Gasteiger partial charge in [-0.3, -0.25) is 9.59 Å². The number of rotatable bonds is 5. The van der Waals surface area contributed by atoms with Crippen molar-refractivity contribution in [2.24, 2.45) is 0 Å². The number of carbonyl (C=O) groups is 2. The molecule has 0 fully saturated rings. The molecule has 1 heterocycles. The predicted molar refractivity (Wildman–Crippen MR) is 103 cm³/mol. The van der Waals surface area contributed by atoms with E-state index in [2.05, 4.69) is 5.32 Å². The number of aryl methyl sites for hydroxylation is 1. The first-order chi connectivity index (χ1) is 13.0. The number of aromatic nitrogens is 1. The van der Waals surface area contributed by atoms with Crippen molar-refractivity contribution in [3.63, 3.8) is 0 Å². The quantitative estimate of drug-likeness (QED) is 0.538. The Morgan fingerprint density at radius 2 is 1.89 bits per heavy atom. The molecule has 2 aromatic carbocycles. The van der Waals surface area contributed by atoms with Gasteiger partial charge in [-0.2, -0.15) is 5.26 Å². The molecule has 0 bridgehead atoms. The third kappa shape index (κ3) is 4.05. The zero-order valence-electron chi connectivity index (χ0n) is 14.6. The molecule has 0 aliphatic rings. The molecule has 6 nitrogen and oxygen atoms in total. The highest BCUT2D eigenvalue weighted by atomic mass is 16.4. The number of para-hydroxylation sites is 1. The van der Waals surface area contributed by atoms with Crippen LogP contribution >= 0.6 is 0 Å². The predicted octanol–water partition coefficient (Wildman–Crippen LogP) is 3.58. The summed E-state index contributed by atoms with van der Waals surface area (Å²) in [6.07, 6.45) is 3.11. The van der Waals surface area contributed by atoms with E-state index in [-0.39, 0.29) is 12.1 Å². The van der Waals surface area contributed by atoms with Crippen LogP contribution in [0.2, 0.25) is 0 Å². The molecule has 0 spiro atoms. The topological polar surface area (TPSA) is 95.1 Å². The molecule has 6 heteroatoms. The number of nitrogens with zero attached hydrogens (tertiary/aromatic N) is 2. The van der Waals surface area contributed by atoms with Crippen LogP contribution < -0.4 is 5.32 Å². The van der Waals surface area contributed by atoms with Gasteiger partial charge < -0.3 is 15.0 Å². The molecular weight excluding hydrogens is 342 g/mol. The molecule has 1 aromatic heterocycles. The van der Waals surface area contributed by atoms with Gasteiger partial charge in [0.05, 0.1) is 0 Å². The Hall–Kier alpha value is -3.85. The lowest BCUT2D eigenvalue weighted by Crippen LogP contribution is -2.13. The minimum absolute atomic E-state index is 0.0613. The van der Waals surface area contributed by atoms with Crippen LogP contribution in [-0.2, 0) is 16.1 Å². The van der Waals surface area contributed by atoms with E-state index >= 15 is 0 Å². The third-order valence-electron chi connectivity index (χ3n) is 4.10. The van der Waals surface area contributed by atoms with E-state index in [1.54, 1.807) is 29.0 Å². The summed E-state index contributed by atoms with van der Waals surface area (Å²) < 4.78 is 1.58. The maximum absolute atomic E-state index is 12.5. The van der Waals surface area contributed by atoms with Crippen LogP contribution in [-0.4, -0.2) is 21.6 Å². The number of fused-ring (bicyclic) bond motifs is 1. The Balaban J connectivity index is 1.95. The van der Waals surface area contributed by atoms with E-state index < -0.39 is 11.9 Å². The average Bonchev–Trinajstić information content (AvgIpc) is 2.98. The lowest BCUT2D eigenvalue weighted by atomic mass is 10.1. The molecule has 3 rings (SSSR count). The maximum atomic E-state index is 12.5. The molecule has 0 radical (unpaired) electrons. The molecule has 0 aliphatic heterocycles. The average molecular weight is 359 g/mol. The third-order valence-corrected chi connectivity index (χ3v) is 4.10. The minimum Gasteiger partial charge on any atom is -0.480 e. The number of amides is 1. The smallest absolute Gasteiger partial charge is 0.323 e. The molecule has 1 amide bonds. The number of carboxylic acids is 1. The van der Waals surface area contributed by atoms with Gasteiger partial charge in [-0.25, -0.2) is 0 Å². The van der Waals surface area contributed by atoms with E-state index in [1.807, 2.05) is 43.3 Å². The van der Waals surface area contributed by atoms with Crippen LogP contribution in [0.1, 0.15) is 11.1 Å². The maximum Gasteiger partial charge on any atom is 0.323 e. The Morgan fingerprint density at radius 1 is 1.19 bits per heavy atom. The van der Waals surface area contributed by atoms with Crippen molar-refractivity contribution in [1.29, 1.82) is 5.26 Å². The number of carboxylic acid groups (broad SMARTS) is 1. The summed E-state index contributed by atoms with van der Waals surface area (Å²) in [4.78, 5) is 23.5. The number of benzene rings is 2. The van der Waals surface area contributed by atoms with Gasteiger partial charge in [0, 0.05) is 28.4 Å². The fourth-order valence-electron chi connectivity index (χ4n) is 2.81. The summed E-state index contributed by atoms with van der Waals surface area (Å²) in [6, 6.07) is 16.4. The van der Waals surface area contributed by atoms with Gasteiger partial charge in [-0.1, -0.05) is 35.9 Å². The van der Waals surface area contributed by atoms with Crippen LogP contribution in [0.3, 0.4) is 0 Å². The van der Waals surface area contributed by atoms with E-state index in [9.17, 15) is 14.9 Å². The van der Waals surface area contributed by atoms with Gasteiger partial charge in [0.2, 0.25) is 0 Å². The molecule has 0 unspecified atom stereocenters. The number of aliphatic carboxylic acids is 1. The second-order valence-corrected chi connectivity index (χ2v) is 6.11. The lowest BCUT2D eigenvalue weighted by Gasteiger charge is -2.04. The van der Waals surface area contributed by atoms with Gasteiger partial charge in [0.15, 0.2) is 0 Å². The number of nitriles is 1. The number of nitrogens with one attached hydrogen (secondary N) is 1. The van der Waals surface area contributed by atoms with E-state index in [0.717, 1.165) is 16.5 Å². The van der Waals surface area contributed by atoms with Crippen molar-refractivity contribution in [2.75, 3.05) is 5.32 Å². The van der Waals surface area contributed by atoms with Gasteiger partial charge >= 0.3 is 5.97 Å². The summed E-state index contributed by atoms with van der Waals surface area (Å²) in [6.45, 7) is 1.74. The molecule has 0 saturated carbocycles. The first-order valence-electron chi connectivity index (χ1n) is 8.27. The summed E-state index contributed by atoms with van der Waals surface area (Å²) in [5.74, 6) is -1.49. The highest BCUT2D eigenvalue weighted by molar-refractivity contribution is 6.10. The van der Waals surface area contributed by atoms with E-state index in [0.29, 0.717) is 11.3 Å². The normalized spacial score (nSPS) is 11.2. The minimum atomic E-state index is -0.969. The monoisotopic (exact) mass is 359 g/mol. The zero-order valence-corrected chi connectivity index (χ0v) is 14.6. The standard InChI is InChI=1S/C21H17N3O3/c1-14-6-8-17(9-7-14)23-21(27)15(11-22)10-16-12-24(13-20(25)26)19-5-3-2-4-18(16)19/h2-10,12H,13H2,1H3,(H,23,27)(H,25,26)/b15-10+. The second kappa shape index (κ2) is 7.58. The Morgan fingerprint density at radius 3 is 2.56 bits per heavy atom. The van der Waals surface area contributed by atoms with Crippen molar-refractivity contribution in [2.45, 2.75) is 13.5 Å². The molecule has 134 valence electrons. The van der Waals surface area contributed by atoms with Crippen molar-refractivity contribution in [1.82, 2.24) is 4.57 Å². The van der Waals surface area contributed by atoms with Crippen LogP contribution in [0.5, 0.6) is 0 Å². The number of carbonyl (C=O) groups excluding carboxylic acids is 1. The molecular formula is C21H17N3O3. The molecule has 0 atom stereocenters. The molecule has 27 heavy (non-hydrogen) atoms. The lowest BCUT2D eigenvalue weighted by molar-refractivity contribution is -0.137. The fourth-order valence-corrected chi connectivity index (χ4v) is 2.81. The number of anilines is 1. The number of hydrogen-bond donors (Lipinski definition) is 2. The Kier molecular flexibility index (Phi) is 5.04. The molecule has 2 N–H and O–H groups in total. The van der Waals surface area contributed by atoms with Crippen molar-refractivity contribution in [3.05, 3.63) is 71.4 Å². The van der Waals surface area contributed by atoms with Crippen LogP contribution in [0.25, 0.3) is 17.0 Å².